The van der Waals surface area contributed by atoms with Gasteiger partial charge in [-0.3, -0.25) is 9.69 Å². The molecule has 2 aromatic rings. The average molecular weight is 386 g/mol. The topological polar surface area (TPSA) is 95.7 Å². The SMILES string of the molecule is COc1c2c(cc3c1C(CC(=O)c1ccc([NH+]([O-])O)cc1)N(C)CC3)OCO2. The van der Waals surface area contributed by atoms with Crippen molar-refractivity contribution in [2.24, 2.45) is 0 Å². The molecule has 148 valence electrons. The van der Waals surface area contributed by atoms with Gasteiger partial charge < -0.3 is 19.4 Å². The molecule has 0 bridgehead atoms. The van der Waals surface area contributed by atoms with Crippen LogP contribution >= 0.6 is 0 Å². The number of hydrogen-bond acceptors (Lipinski definition) is 7. The number of quaternary nitrogens is 1. The number of Topliss-reactive ketones (excluding diaryl/α,β-unsaturated/α-hetero) is 1. The van der Waals surface area contributed by atoms with Crippen LogP contribution in [-0.4, -0.2) is 43.4 Å². The molecule has 2 atom stereocenters. The number of rotatable bonds is 5. The Bertz CT molecular complexity index is 897. The number of fused-ring (bicyclic) bond motifs is 2. The van der Waals surface area contributed by atoms with Gasteiger partial charge >= 0.3 is 0 Å². The third-order valence-electron chi connectivity index (χ3n) is 5.38. The third kappa shape index (κ3) is 3.20. The number of hydrogen-bond donors (Lipinski definition) is 2. The summed E-state index contributed by atoms with van der Waals surface area (Å²) in [6.45, 7) is 0.968. The van der Waals surface area contributed by atoms with Crippen LogP contribution in [0, 0.1) is 5.21 Å². The highest BCUT2D eigenvalue weighted by Gasteiger charge is 2.35. The zero-order valence-corrected chi connectivity index (χ0v) is 15.7. The van der Waals surface area contributed by atoms with E-state index in [1.807, 2.05) is 13.1 Å². The summed E-state index contributed by atoms with van der Waals surface area (Å²) in [7, 11) is 3.58. The molecule has 0 fully saturated rings. The van der Waals surface area contributed by atoms with Gasteiger partial charge in [0.1, 0.15) is 0 Å². The van der Waals surface area contributed by atoms with Crippen molar-refractivity contribution < 1.29 is 29.4 Å². The quantitative estimate of drug-likeness (QED) is 0.596. The molecule has 2 heterocycles. The van der Waals surface area contributed by atoms with Gasteiger partial charge in [0.25, 0.3) is 0 Å². The number of ketones is 1. The summed E-state index contributed by atoms with van der Waals surface area (Å²) in [6, 6.07) is 7.84. The Kier molecular flexibility index (Phi) is 4.94. The fourth-order valence-corrected chi connectivity index (χ4v) is 3.88. The Hall–Kier alpha value is -2.65. The van der Waals surface area contributed by atoms with E-state index in [1.165, 1.54) is 12.1 Å². The van der Waals surface area contributed by atoms with Gasteiger partial charge in [0.15, 0.2) is 23.0 Å². The molecule has 0 spiro atoms. The monoisotopic (exact) mass is 386 g/mol. The molecule has 0 saturated heterocycles. The lowest BCUT2D eigenvalue weighted by Crippen LogP contribution is -2.99. The van der Waals surface area contributed by atoms with Gasteiger partial charge in [-0.05, 0) is 37.2 Å². The number of ether oxygens (including phenoxy) is 3. The van der Waals surface area contributed by atoms with E-state index in [4.69, 9.17) is 19.4 Å². The Labute approximate surface area is 162 Å². The van der Waals surface area contributed by atoms with Crippen molar-refractivity contribution in [1.29, 1.82) is 0 Å². The van der Waals surface area contributed by atoms with E-state index in [0.29, 0.717) is 22.8 Å². The molecule has 4 rings (SSSR count). The van der Waals surface area contributed by atoms with Crippen LogP contribution in [0.4, 0.5) is 5.69 Å². The fourth-order valence-electron chi connectivity index (χ4n) is 3.88. The first-order chi connectivity index (χ1) is 13.5. The van der Waals surface area contributed by atoms with Crippen LogP contribution in [0.1, 0.15) is 33.9 Å². The normalized spacial score (nSPS) is 19.2. The molecule has 0 radical (unpaired) electrons. The molecule has 8 heteroatoms. The van der Waals surface area contributed by atoms with Gasteiger partial charge in [0, 0.05) is 42.3 Å². The summed E-state index contributed by atoms with van der Waals surface area (Å²) in [5.74, 6) is 1.83. The van der Waals surface area contributed by atoms with Crippen LogP contribution in [-0.2, 0) is 6.42 Å². The summed E-state index contributed by atoms with van der Waals surface area (Å²) in [5.41, 5.74) is 2.70. The number of methoxy groups -OCH3 is 1. The molecule has 2 unspecified atom stereocenters. The molecule has 0 amide bonds. The van der Waals surface area contributed by atoms with Crippen molar-refractivity contribution >= 4 is 11.5 Å². The smallest absolute Gasteiger partial charge is 0.231 e. The first kappa shape index (κ1) is 18.7. The van der Waals surface area contributed by atoms with Crippen molar-refractivity contribution in [3.05, 3.63) is 52.2 Å². The number of carbonyl (C=O) groups excluding carboxylic acids is 1. The van der Waals surface area contributed by atoms with Crippen molar-refractivity contribution in [1.82, 2.24) is 4.90 Å². The first-order valence-electron chi connectivity index (χ1n) is 9.05. The molecule has 2 aliphatic heterocycles. The number of nitrogens with one attached hydrogen (secondary N) is 1. The lowest BCUT2D eigenvalue weighted by molar-refractivity contribution is -0.991. The zero-order chi connectivity index (χ0) is 19.8. The molecular weight excluding hydrogens is 364 g/mol. The van der Waals surface area contributed by atoms with Gasteiger partial charge in [-0.15, -0.1) is 0 Å². The predicted molar refractivity (Wildman–Crippen MR) is 99.4 cm³/mol. The summed E-state index contributed by atoms with van der Waals surface area (Å²) in [6.07, 6.45) is 1.09. The summed E-state index contributed by atoms with van der Waals surface area (Å²) < 4.78 is 16.8. The lowest BCUT2D eigenvalue weighted by atomic mass is 9.87. The van der Waals surface area contributed by atoms with Gasteiger partial charge in [0.2, 0.25) is 12.5 Å². The summed E-state index contributed by atoms with van der Waals surface area (Å²) >= 11 is 0. The van der Waals surface area contributed by atoms with E-state index in [0.717, 1.165) is 24.1 Å². The van der Waals surface area contributed by atoms with Crippen LogP contribution in [0.2, 0.25) is 0 Å². The third-order valence-corrected chi connectivity index (χ3v) is 5.38. The maximum Gasteiger partial charge on any atom is 0.231 e. The van der Waals surface area contributed by atoms with Crippen LogP contribution in [0.25, 0.3) is 0 Å². The van der Waals surface area contributed by atoms with Crippen molar-refractivity contribution in [3.8, 4) is 17.2 Å². The van der Waals surface area contributed by atoms with Crippen LogP contribution in [0.3, 0.4) is 0 Å². The summed E-state index contributed by atoms with van der Waals surface area (Å²) in [5, 5.41) is 19.0. The lowest BCUT2D eigenvalue weighted by Gasteiger charge is -2.35. The summed E-state index contributed by atoms with van der Waals surface area (Å²) in [4.78, 5) is 15.0. The number of likely N-dealkylation sites (N-methyl/N-ethyl adjacent to an activating group) is 1. The standard InChI is InChI=1S/C20H22N2O6/c1-21-8-7-13-9-17-19(28-11-27-17)20(26-2)18(13)15(21)10-16(23)12-3-5-14(6-4-12)22(24)25/h3-6,9,15,22,24H,7-8,10-11H2,1-2H3. The van der Waals surface area contributed by atoms with Gasteiger partial charge in [-0.2, -0.15) is 5.23 Å². The molecule has 28 heavy (non-hydrogen) atoms. The molecule has 2 N–H and O–H groups in total. The van der Waals surface area contributed by atoms with Gasteiger partial charge in [-0.1, -0.05) is 0 Å². The molecular formula is C20H22N2O6. The predicted octanol–water partition coefficient (Wildman–Crippen LogP) is 1.63. The second-order valence-corrected chi connectivity index (χ2v) is 6.97. The van der Waals surface area contributed by atoms with Gasteiger partial charge in [-0.25, -0.2) is 5.21 Å². The Morgan fingerprint density at radius 1 is 1.36 bits per heavy atom. The van der Waals surface area contributed by atoms with E-state index in [9.17, 15) is 10.0 Å². The molecule has 2 aliphatic rings. The van der Waals surface area contributed by atoms with E-state index in [2.05, 4.69) is 4.90 Å². The molecule has 8 nitrogen and oxygen atoms in total. The molecule has 0 aromatic heterocycles. The van der Waals surface area contributed by atoms with Crippen molar-refractivity contribution in [3.63, 3.8) is 0 Å². The Balaban J connectivity index is 1.66. The Morgan fingerprint density at radius 2 is 2.11 bits per heavy atom. The van der Waals surface area contributed by atoms with E-state index in [1.54, 1.807) is 19.2 Å². The second-order valence-electron chi connectivity index (χ2n) is 6.97. The number of nitrogens with zero attached hydrogens (tertiary/aromatic N) is 1. The number of benzene rings is 2. The van der Waals surface area contributed by atoms with E-state index >= 15 is 0 Å². The first-order valence-corrected chi connectivity index (χ1v) is 9.05. The second kappa shape index (κ2) is 7.40. The zero-order valence-electron chi connectivity index (χ0n) is 15.7. The molecule has 0 aliphatic carbocycles. The molecule has 2 aromatic carbocycles. The van der Waals surface area contributed by atoms with Gasteiger partial charge in [0.05, 0.1) is 7.11 Å². The highest BCUT2D eigenvalue weighted by molar-refractivity contribution is 5.96. The molecule has 0 saturated carbocycles. The Morgan fingerprint density at radius 3 is 2.79 bits per heavy atom. The minimum absolute atomic E-state index is 0.0543. The number of carbonyl (C=O) groups is 1. The van der Waals surface area contributed by atoms with Crippen molar-refractivity contribution in [2.75, 3.05) is 27.5 Å². The highest BCUT2D eigenvalue weighted by Crippen LogP contribution is 2.50. The maximum atomic E-state index is 12.9. The maximum absolute atomic E-state index is 12.9. The van der Waals surface area contributed by atoms with E-state index in [-0.39, 0.29) is 30.7 Å². The average Bonchev–Trinajstić information content (AvgIpc) is 3.16. The minimum atomic E-state index is -1.01. The van der Waals surface area contributed by atoms with Crippen LogP contribution in [0.5, 0.6) is 17.2 Å². The van der Waals surface area contributed by atoms with Crippen LogP contribution in [0.15, 0.2) is 30.3 Å². The van der Waals surface area contributed by atoms with Crippen molar-refractivity contribution in [2.45, 2.75) is 18.9 Å². The minimum Gasteiger partial charge on any atom is -0.595 e. The van der Waals surface area contributed by atoms with Crippen LogP contribution < -0.4 is 19.4 Å². The largest absolute Gasteiger partial charge is 0.595 e. The highest BCUT2D eigenvalue weighted by atomic mass is 16.8. The fraction of sp³-hybridized carbons (Fsp3) is 0.350. The van der Waals surface area contributed by atoms with E-state index < -0.39 is 5.23 Å².